The molecule has 0 bridgehead atoms. The second-order valence-corrected chi connectivity index (χ2v) is 6.96. The lowest BCUT2D eigenvalue weighted by Crippen LogP contribution is -2.50. The molecule has 0 fully saturated rings. The van der Waals surface area contributed by atoms with Gasteiger partial charge in [0.15, 0.2) is 11.3 Å². The molecular formula is C20H20N4O2S. The SMILES string of the molecule is CCCOc1ccccc1[C@@H]1N=c2ccccc2=C2C(=O)NC(SC)=NN21. The molecule has 2 aliphatic rings. The van der Waals surface area contributed by atoms with Crippen molar-refractivity contribution in [2.75, 3.05) is 12.9 Å². The van der Waals surface area contributed by atoms with Crippen LogP contribution in [0.4, 0.5) is 0 Å². The first-order chi connectivity index (χ1) is 13.2. The van der Waals surface area contributed by atoms with Gasteiger partial charge in [-0.1, -0.05) is 55.1 Å². The number of rotatable bonds is 4. The van der Waals surface area contributed by atoms with Gasteiger partial charge in [-0.15, -0.1) is 5.10 Å². The van der Waals surface area contributed by atoms with Gasteiger partial charge in [-0.3, -0.25) is 15.1 Å². The Labute approximate surface area is 161 Å². The summed E-state index contributed by atoms with van der Waals surface area (Å²) in [5.74, 6) is 0.590. The maximum Gasteiger partial charge on any atom is 0.276 e. The van der Waals surface area contributed by atoms with E-state index >= 15 is 0 Å². The number of para-hydroxylation sites is 2. The van der Waals surface area contributed by atoms with Gasteiger partial charge >= 0.3 is 0 Å². The molecule has 7 heteroatoms. The van der Waals surface area contributed by atoms with Gasteiger partial charge in [0.25, 0.3) is 5.91 Å². The van der Waals surface area contributed by atoms with Crippen molar-refractivity contribution in [1.82, 2.24) is 10.3 Å². The predicted molar refractivity (Wildman–Crippen MR) is 107 cm³/mol. The summed E-state index contributed by atoms with van der Waals surface area (Å²) < 4.78 is 5.94. The number of carbonyl (C=O) groups is 1. The lowest BCUT2D eigenvalue weighted by Gasteiger charge is -2.34. The van der Waals surface area contributed by atoms with E-state index in [1.807, 2.05) is 54.8 Å². The third kappa shape index (κ3) is 3.19. The number of thioether (sulfide) groups is 1. The largest absolute Gasteiger partial charge is 0.493 e. The molecule has 0 aromatic heterocycles. The standard InChI is InChI=1S/C20H20N4O2S/c1-3-12-26-16-11-7-5-9-14(16)18-21-15-10-6-4-8-13(15)17-19(25)22-20(27-2)23-24(17)18/h4-11,18H,3,12H2,1-2H3,(H,22,23,25)/t18-/m1/s1. The smallest absolute Gasteiger partial charge is 0.276 e. The Balaban J connectivity index is 1.92. The second-order valence-electron chi connectivity index (χ2n) is 6.16. The zero-order chi connectivity index (χ0) is 18.8. The van der Waals surface area contributed by atoms with Gasteiger partial charge in [-0.25, -0.2) is 5.01 Å². The number of hydrogen-bond donors (Lipinski definition) is 1. The number of hydrogen-bond acceptors (Lipinski definition) is 6. The Morgan fingerprint density at radius 3 is 2.78 bits per heavy atom. The molecule has 27 heavy (non-hydrogen) atoms. The Morgan fingerprint density at radius 2 is 1.96 bits per heavy atom. The van der Waals surface area contributed by atoms with E-state index in [-0.39, 0.29) is 5.91 Å². The predicted octanol–water partition coefficient (Wildman–Crippen LogP) is 1.98. The van der Waals surface area contributed by atoms with E-state index in [9.17, 15) is 4.79 Å². The van der Waals surface area contributed by atoms with Crippen LogP contribution in [0.1, 0.15) is 25.1 Å². The molecule has 2 heterocycles. The van der Waals surface area contributed by atoms with Gasteiger partial charge in [-0.2, -0.15) is 0 Å². The fourth-order valence-electron chi connectivity index (χ4n) is 3.16. The van der Waals surface area contributed by atoms with Gasteiger partial charge < -0.3 is 4.74 Å². The average Bonchev–Trinajstić information content (AvgIpc) is 2.71. The number of fused-ring (bicyclic) bond motifs is 2. The molecule has 0 unspecified atom stereocenters. The van der Waals surface area contributed by atoms with E-state index in [1.165, 1.54) is 11.8 Å². The molecule has 0 saturated heterocycles. The summed E-state index contributed by atoms with van der Waals surface area (Å²) in [6.07, 6.45) is 2.33. The lowest BCUT2D eigenvalue weighted by atomic mass is 10.1. The number of carbonyl (C=O) groups excluding carboxylic acids is 1. The first-order valence-electron chi connectivity index (χ1n) is 8.85. The van der Waals surface area contributed by atoms with Crippen LogP contribution in [0, 0.1) is 0 Å². The number of hydrazone groups is 1. The molecule has 0 spiro atoms. The van der Waals surface area contributed by atoms with Crippen molar-refractivity contribution < 1.29 is 9.53 Å². The quantitative estimate of drug-likeness (QED) is 0.881. The first kappa shape index (κ1) is 17.6. The maximum absolute atomic E-state index is 12.8. The van der Waals surface area contributed by atoms with E-state index in [2.05, 4.69) is 17.3 Å². The molecule has 1 amide bonds. The summed E-state index contributed by atoms with van der Waals surface area (Å²) in [6, 6.07) is 15.4. The summed E-state index contributed by atoms with van der Waals surface area (Å²) in [5.41, 5.74) is 1.39. The molecular weight excluding hydrogens is 360 g/mol. The van der Waals surface area contributed by atoms with Crippen molar-refractivity contribution in [1.29, 1.82) is 0 Å². The van der Waals surface area contributed by atoms with Crippen LogP contribution in [0.15, 0.2) is 58.6 Å². The van der Waals surface area contributed by atoms with Crippen LogP contribution in [-0.4, -0.2) is 28.9 Å². The number of benzene rings is 2. The first-order valence-corrected chi connectivity index (χ1v) is 10.1. The minimum Gasteiger partial charge on any atom is -0.493 e. The molecule has 0 aliphatic carbocycles. The Morgan fingerprint density at radius 1 is 1.19 bits per heavy atom. The number of amides is 1. The molecule has 2 aliphatic heterocycles. The molecule has 0 radical (unpaired) electrons. The van der Waals surface area contributed by atoms with Crippen molar-refractivity contribution in [3.05, 3.63) is 64.7 Å². The fourth-order valence-corrected chi connectivity index (χ4v) is 3.52. The molecule has 0 saturated carbocycles. The van der Waals surface area contributed by atoms with Gasteiger partial charge in [0.2, 0.25) is 0 Å². The lowest BCUT2D eigenvalue weighted by molar-refractivity contribution is -0.116. The highest BCUT2D eigenvalue weighted by Crippen LogP contribution is 2.35. The number of ether oxygens (including phenoxy) is 1. The summed E-state index contributed by atoms with van der Waals surface area (Å²) >= 11 is 1.39. The van der Waals surface area contributed by atoms with E-state index < -0.39 is 6.17 Å². The van der Waals surface area contributed by atoms with E-state index in [4.69, 9.17) is 9.73 Å². The van der Waals surface area contributed by atoms with Crippen LogP contribution in [0.5, 0.6) is 5.75 Å². The van der Waals surface area contributed by atoms with Gasteiger partial charge in [0.1, 0.15) is 11.4 Å². The van der Waals surface area contributed by atoms with Crippen LogP contribution in [0.3, 0.4) is 0 Å². The second kappa shape index (κ2) is 7.44. The van der Waals surface area contributed by atoms with E-state index in [1.54, 1.807) is 5.01 Å². The zero-order valence-corrected chi connectivity index (χ0v) is 16.0. The summed E-state index contributed by atoms with van der Waals surface area (Å²) in [7, 11) is 0. The van der Waals surface area contributed by atoms with E-state index in [0.29, 0.717) is 17.5 Å². The number of amidine groups is 1. The number of nitrogens with zero attached hydrogens (tertiary/aromatic N) is 3. The molecule has 2 aromatic carbocycles. The molecule has 2 aromatic rings. The third-order valence-electron chi connectivity index (χ3n) is 4.37. The highest BCUT2D eigenvalue weighted by Gasteiger charge is 2.35. The van der Waals surface area contributed by atoms with Crippen LogP contribution < -0.4 is 20.6 Å². The van der Waals surface area contributed by atoms with Crippen LogP contribution in [-0.2, 0) is 4.79 Å². The molecule has 4 rings (SSSR count). The Hall–Kier alpha value is -2.80. The van der Waals surface area contributed by atoms with Crippen molar-refractivity contribution >= 4 is 28.5 Å². The monoisotopic (exact) mass is 380 g/mol. The molecule has 138 valence electrons. The zero-order valence-electron chi connectivity index (χ0n) is 15.2. The fraction of sp³-hybridized carbons (Fsp3) is 0.250. The third-order valence-corrected chi connectivity index (χ3v) is 4.94. The van der Waals surface area contributed by atoms with Crippen LogP contribution in [0.2, 0.25) is 0 Å². The van der Waals surface area contributed by atoms with Crippen LogP contribution in [0.25, 0.3) is 5.70 Å². The molecule has 1 N–H and O–H groups in total. The summed E-state index contributed by atoms with van der Waals surface area (Å²) in [5, 5.41) is 11.3. The Kier molecular flexibility index (Phi) is 4.85. The van der Waals surface area contributed by atoms with Gasteiger partial charge in [-0.05, 0) is 24.8 Å². The highest BCUT2D eigenvalue weighted by atomic mass is 32.2. The molecule has 6 nitrogen and oxygen atoms in total. The molecule has 1 atom stereocenters. The average molecular weight is 380 g/mol. The van der Waals surface area contributed by atoms with Crippen molar-refractivity contribution in [2.45, 2.75) is 19.5 Å². The minimum atomic E-state index is -0.462. The van der Waals surface area contributed by atoms with Gasteiger partial charge in [0, 0.05) is 10.8 Å². The van der Waals surface area contributed by atoms with Crippen LogP contribution >= 0.6 is 11.8 Å². The summed E-state index contributed by atoms with van der Waals surface area (Å²) in [6.45, 7) is 2.69. The normalized spacial score (nSPS) is 18.1. The minimum absolute atomic E-state index is 0.173. The van der Waals surface area contributed by atoms with Crippen molar-refractivity contribution in [3.63, 3.8) is 0 Å². The Bertz CT molecular complexity index is 1030. The topological polar surface area (TPSA) is 66.3 Å². The number of nitrogens with one attached hydrogen (secondary N) is 1. The summed E-state index contributed by atoms with van der Waals surface area (Å²) in [4.78, 5) is 17.7. The maximum atomic E-state index is 12.8. The van der Waals surface area contributed by atoms with Crippen molar-refractivity contribution in [2.24, 2.45) is 10.1 Å². The highest BCUT2D eigenvalue weighted by molar-refractivity contribution is 8.13. The van der Waals surface area contributed by atoms with E-state index in [0.717, 1.165) is 28.3 Å². The van der Waals surface area contributed by atoms with Crippen molar-refractivity contribution in [3.8, 4) is 5.75 Å². The van der Waals surface area contributed by atoms with Gasteiger partial charge in [0.05, 0.1) is 12.0 Å².